The number of benzene rings is 1. The lowest BCUT2D eigenvalue weighted by Gasteiger charge is -2.03. The molecule has 0 aliphatic rings. The van der Waals surface area contributed by atoms with Gasteiger partial charge in [-0.1, -0.05) is 23.7 Å². The first kappa shape index (κ1) is 14.7. The molecule has 0 fully saturated rings. The second kappa shape index (κ2) is 5.94. The number of halogens is 1. The van der Waals surface area contributed by atoms with Gasteiger partial charge in [0.2, 0.25) is 0 Å². The fourth-order valence-corrected chi connectivity index (χ4v) is 2.70. The highest BCUT2D eigenvalue weighted by molar-refractivity contribution is 6.29. The first-order valence-corrected chi connectivity index (χ1v) is 7.85. The van der Waals surface area contributed by atoms with Gasteiger partial charge >= 0.3 is 0 Å². The molecule has 6 heteroatoms. The number of nitrogen functional groups attached to an aromatic ring is 1. The molecule has 0 saturated carbocycles. The molecular weight excluding hydrogens is 322 g/mol. The van der Waals surface area contributed by atoms with Crippen LogP contribution in [0.5, 0.6) is 0 Å². The Hall–Kier alpha value is -2.92. The number of fused-ring (bicyclic) bond motifs is 1. The summed E-state index contributed by atoms with van der Waals surface area (Å²) in [5, 5.41) is 4.88. The molecule has 0 amide bonds. The maximum Gasteiger partial charge on any atom is 0.129 e. The highest BCUT2D eigenvalue weighted by Gasteiger charge is 2.06. The number of aromatic nitrogens is 4. The molecule has 118 valence electrons. The molecule has 0 atom stereocenters. The van der Waals surface area contributed by atoms with Crippen molar-refractivity contribution < 1.29 is 0 Å². The highest BCUT2D eigenvalue weighted by atomic mass is 35.5. The van der Waals surface area contributed by atoms with Crippen LogP contribution in [0.4, 0.5) is 5.69 Å². The van der Waals surface area contributed by atoms with Crippen molar-refractivity contribution in [3.05, 3.63) is 71.8 Å². The third kappa shape index (κ3) is 2.94. The van der Waals surface area contributed by atoms with Gasteiger partial charge in [-0.25, -0.2) is 4.98 Å². The van der Waals surface area contributed by atoms with E-state index in [1.54, 1.807) is 6.07 Å². The van der Waals surface area contributed by atoms with Crippen molar-refractivity contribution in [3.63, 3.8) is 0 Å². The Balaban J connectivity index is 1.63. The Bertz CT molecular complexity index is 1010. The van der Waals surface area contributed by atoms with Crippen LogP contribution in [0.25, 0.3) is 22.2 Å². The fraction of sp³-hybridized carbons (Fsp3) is 0.0556. The van der Waals surface area contributed by atoms with Crippen LogP contribution in [0.3, 0.4) is 0 Å². The Kier molecular flexibility index (Phi) is 3.63. The summed E-state index contributed by atoms with van der Waals surface area (Å²) >= 11 is 5.96. The second-order valence-electron chi connectivity index (χ2n) is 5.56. The SMILES string of the molecule is Nc1ccc(Cn2cc(-c3cnc4ccc(Cl)nc4c3)cn2)cc1. The van der Waals surface area contributed by atoms with Crippen molar-refractivity contribution in [2.45, 2.75) is 6.54 Å². The van der Waals surface area contributed by atoms with Crippen molar-refractivity contribution in [2.75, 3.05) is 5.73 Å². The molecule has 4 aromatic rings. The first-order valence-electron chi connectivity index (χ1n) is 7.47. The van der Waals surface area contributed by atoms with E-state index < -0.39 is 0 Å². The molecular formula is C18H14ClN5. The van der Waals surface area contributed by atoms with Gasteiger partial charge in [0.05, 0.1) is 23.8 Å². The number of anilines is 1. The number of hydrogen-bond donors (Lipinski definition) is 1. The number of nitrogens with two attached hydrogens (primary N) is 1. The lowest BCUT2D eigenvalue weighted by molar-refractivity contribution is 0.687. The average Bonchev–Trinajstić information content (AvgIpc) is 3.05. The minimum Gasteiger partial charge on any atom is -0.399 e. The molecule has 0 spiro atoms. The van der Waals surface area contributed by atoms with Crippen LogP contribution in [0.2, 0.25) is 5.15 Å². The zero-order valence-corrected chi connectivity index (χ0v) is 13.5. The third-order valence-corrected chi connectivity index (χ3v) is 4.00. The molecule has 3 aromatic heterocycles. The van der Waals surface area contributed by atoms with Crippen molar-refractivity contribution in [3.8, 4) is 11.1 Å². The standard InChI is InChI=1S/C18H14ClN5/c19-18-6-5-16-17(23-18)7-13(8-21-16)14-9-22-24(11-14)10-12-1-3-15(20)4-2-12/h1-9,11H,10,20H2. The molecule has 2 N–H and O–H groups in total. The van der Waals surface area contributed by atoms with Gasteiger partial charge < -0.3 is 5.73 Å². The van der Waals surface area contributed by atoms with E-state index in [-0.39, 0.29) is 0 Å². The van der Waals surface area contributed by atoms with Gasteiger partial charge in [0.15, 0.2) is 0 Å². The number of pyridine rings is 2. The molecule has 5 nitrogen and oxygen atoms in total. The van der Waals surface area contributed by atoms with Gasteiger partial charge in [-0.2, -0.15) is 5.10 Å². The summed E-state index contributed by atoms with van der Waals surface area (Å²) in [4.78, 5) is 8.74. The lowest BCUT2D eigenvalue weighted by atomic mass is 10.1. The zero-order valence-electron chi connectivity index (χ0n) is 12.7. The minimum absolute atomic E-state index is 0.459. The minimum atomic E-state index is 0.459. The van der Waals surface area contributed by atoms with Gasteiger partial charge in [-0.05, 0) is 35.9 Å². The largest absolute Gasteiger partial charge is 0.399 e. The Morgan fingerprint density at radius 2 is 1.79 bits per heavy atom. The van der Waals surface area contributed by atoms with Gasteiger partial charge in [-0.15, -0.1) is 0 Å². The monoisotopic (exact) mass is 335 g/mol. The van der Waals surface area contributed by atoms with E-state index in [2.05, 4.69) is 15.1 Å². The van der Waals surface area contributed by atoms with Gasteiger partial charge in [0.25, 0.3) is 0 Å². The number of hydrogen-bond acceptors (Lipinski definition) is 4. The number of nitrogens with zero attached hydrogens (tertiary/aromatic N) is 4. The predicted octanol–water partition coefficient (Wildman–Crippen LogP) is 3.78. The van der Waals surface area contributed by atoms with Crippen LogP contribution in [0.1, 0.15) is 5.56 Å². The summed E-state index contributed by atoms with van der Waals surface area (Å²) in [6, 6.07) is 13.4. The quantitative estimate of drug-likeness (QED) is 0.457. The van der Waals surface area contributed by atoms with E-state index in [4.69, 9.17) is 17.3 Å². The van der Waals surface area contributed by atoms with E-state index in [1.807, 2.05) is 59.7 Å². The van der Waals surface area contributed by atoms with Crippen molar-refractivity contribution in [2.24, 2.45) is 0 Å². The summed E-state index contributed by atoms with van der Waals surface area (Å²) in [5.74, 6) is 0. The van der Waals surface area contributed by atoms with E-state index in [1.165, 1.54) is 0 Å². The summed E-state index contributed by atoms with van der Waals surface area (Å²) in [7, 11) is 0. The van der Waals surface area contributed by atoms with E-state index in [0.717, 1.165) is 33.4 Å². The van der Waals surface area contributed by atoms with Crippen LogP contribution >= 0.6 is 11.6 Å². The molecule has 24 heavy (non-hydrogen) atoms. The molecule has 0 saturated heterocycles. The highest BCUT2D eigenvalue weighted by Crippen LogP contribution is 2.22. The fourth-order valence-electron chi connectivity index (χ4n) is 2.55. The topological polar surface area (TPSA) is 69.6 Å². The average molecular weight is 336 g/mol. The zero-order chi connectivity index (χ0) is 16.5. The number of rotatable bonds is 3. The van der Waals surface area contributed by atoms with E-state index >= 15 is 0 Å². The summed E-state index contributed by atoms with van der Waals surface area (Å²) in [5.41, 5.74) is 11.1. The predicted molar refractivity (Wildman–Crippen MR) is 95.7 cm³/mol. The Morgan fingerprint density at radius 1 is 0.958 bits per heavy atom. The maximum absolute atomic E-state index is 5.96. The van der Waals surface area contributed by atoms with Crippen molar-refractivity contribution in [1.82, 2.24) is 19.7 Å². The summed E-state index contributed by atoms with van der Waals surface area (Å²) < 4.78 is 1.89. The Morgan fingerprint density at radius 3 is 2.62 bits per heavy atom. The molecule has 0 aliphatic heterocycles. The molecule has 3 heterocycles. The van der Waals surface area contributed by atoms with Crippen molar-refractivity contribution in [1.29, 1.82) is 0 Å². The van der Waals surface area contributed by atoms with Gasteiger partial charge in [0.1, 0.15) is 5.15 Å². The van der Waals surface area contributed by atoms with Gasteiger partial charge in [-0.3, -0.25) is 9.67 Å². The normalized spacial score (nSPS) is 11.0. The van der Waals surface area contributed by atoms with E-state index in [9.17, 15) is 0 Å². The smallest absolute Gasteiger partial charge is 0.129 e. The molecule has 0 bridgehead atoms. The van der Waals surface area contributed by atoms with Crippen LogP contribution in [-0.4, -0.2) is 19.7 Å². The molecule has 0 unspecified atom stereocenters. The van der Waals surface area contributed by atoms with Crippen LogP contribution in [0, 0.1) is 0 Å². The third-order valence-electron chi connectivity index (χ3n) is 3.79. The second-order valence-corrected chi connectivity index (χ2v) is 5.95. The van der Waals surface area contributed by atoms with Gasteiger partial charge in [0, 0.05) is 29.2 Å². The van der Waals surface area contributed by atoms with Crippen LogP contribution in [-0.2, 0) is 6.54 Å². The lowest BCUT2D eigenvalue weighted by Crippen LogP contribution is -1.99. The Labute approximate surface area is 143 Å². The van der Waals surface area contributed by atoms with Crippen LogP contribution < -0.4 is 5.73 Å². The molecule has 1 aromatic carbocycles. The van der Waals surface area contributed by atoms with Crippen molar-refractivity contribution >= 4 is 28.3 Å². The molecule has 4 rings (SSSR count). The maximum atomic E-state index is 5.96. The molecule has 0 radical (unpaired) electrons. The van der Waals surface area contributed by atoms with E-state index in [0.29, 0.717) is 11.7 Å². The first-order chi connectivity index (χ1) is 11.7. The summed E-state index contributed by atoms with van der Waals surface area (Å²) in [6.07, 6.45) is 5.64. The molecule has 0 aliphatic carbocycles. The van der Waals surface area contributed by atoms with Crippen LogP contribution in [0.15, 0.2) is 61.1 Å². The summed E-state index contributed by atoms with van der Waals surface area (Å²) in [6.45, 7) is 0.686.